The number of benzene rings is 2. The minimum atomic E-state index is -0.194. The quantitative estimate of drug-likeness (QED) is 0.599. The number of tetrazole rings is 1. The Hall–Kier alpha value is -3.40. The third-order valence-electron chi connectivity index (χ3n) is 4.40. The number of aromatic nitrogens is 4. The fraction of sp³-hybridized carbons (Fsp3) is 0.211. The molecule has 0 radical (unpaired) electrons. The molecule has 0 saturated carbocycles. The van der Waals surface area contributed by atoms with E-state index in [0.29, 0.717) is 23.0 Å². The molecule has 0 atom stereocenters. The Morgan fingerprint density at radius 1 is 1.10 bits per heavy atom. The molecular formula is C19H18N6O3S. The van der Waals surface area contributed by atoms with Crippen molar-refractivity contribution in [3.8, 4) is 11.4 Å². The van der Waals surface area contributed by atoms with Gasteiger partial charge in [-0.05, 0) is 65.4 Å². The Morgan fingerprint density at radius 3 is 2.52 bits per heavy atom. The SMILES string of the molecule is O=C(CSc1nnnn1-c1ccc(O)cc1)Nc1ccc(N2CCCC2=O)cc1. The third-order valence-corrected chi connectivity index (χ3v) is 5.32. The number of rotatable bonds is 6. The van der Waals surface area contributed by atoms with E-state index in [1.165, 1.54) is 28.6 Å². The first-order valence-corrected chi connectivity index (χ1v) is 9.99. The van der Waals surface area contributed by atoms with E-state index in [1.54, 1.807) is 29.2 Å². The van der Waals surface area contributed by atoms with Crippen LogP contribution in [0.3, 0.4) is 0 Å². The number of phenolic OH excluding ortho intramolecular Hbond substituents is 1. The van der Waals surface area contributed by atoms with Gasteiger partial charge < -0.3 is 15.3 Å². The fourth-order valence-electron chi connectivity index (χ4n) is 3.00. The predicted octanol–water partition coefficient (Wildman–Crippen LogP) is 2.23. The summed E-state index contributed by atoms with van der Waals surface area (Å²) in [5.74, 6) is 0.213. The number of amides is 2. The van der Waals surface area contributed by atoms with Crippen LogP contribution in [-0.2, 0) is 9.59 Å². The maximum absolute atomic E-state index is 12.3. The Kier molecular flexibility index (Phi) is 5.43. The predicted molar refractivity (Wildman–Crippen MR) is 108 cm³/mol. The van der Waals surface area contributed by atoms with Crippen molar-refractivity contribution in [2.24, 2.45) is 0 Å². The Morgan fingerprint density at radius 2 is 1.83 bits per heavy atom. The lowest BCUT2D eigenvalue weighted by Gasteiger charge is -2.16. The van der Waals surface area contributed by atoms with Crippen LogP contribution in [-0.4, -0.2) is 49.4 Å². The molecule has 9 nitrogen and oxygen atoms in total. The molecule has 4 rings (SSSR count). The number of anilines is 2. The zero-order chi connectivity index (χ0) is 20.2. The van der Waals surface area contributed by atoms with E-state index < -0.39 is 0 Å². The van der Waals surface area contributed by atoms with Crippen molar-refractivity contribution < 1.29 is 14.7 Å². The summed E-state index contributed by atoms with van der Waals surface area (Å²) in [7, 11) is 0. The van der Waals surface area contributed by atoms with Crippen LogP contribution in [0.25, 0.3) is 5.69 Å². The van der Waals surface area contributed by atoms with Crippen molar-refractivity contribution >= 4 is 35.0 Å². The van der Waals surface area contributed by atoms with E-state index >= 15 is 0 Å². The number of nitrogens with zero attached hydrogens (tertiary/aromatic N) is 5. The topological polar surface area (TPSA) is 113 Å². The van der Waals surface area contributed by atoms with Gasteiger partial charge in [-0.1, -0.05) is 11.8 Å². The summed E-state index contributed by atoms with van der Waals surface area (Å²) in [5, 5.41) is 24.2. The zero-order valence-corrected chi connectivity index (χ0v) is 16.2. The number of nitrogens with one attached hydrogen (secondary N) is 1. The maximum atomic E-state index is 12.3. The number of thioether (sulfide) groups is 1. The minimum Gasteiger partial charge on any atom is -0.508 e. The van der Waals surface area contributed by atoms with Crippen LogP contribution >= 0.6 is 11.8 Å². The Labute approximate surface area is 170 Å². The lowest BCUT2D eigenvalue weighted by Crippen LogP contribution is -2.23. The van der Waals surface area contributed by atoms with Gasteiger partial charge in [0.15, 0.2) is 0 Å². The first-order chi connectivity index (χ1) is 14.1. The Bertz CT molecular complexity index is 1020. The van der Waals surface area contributed by atoms with Crippen LogP contribution in [0.1, 0.15) is 12.8 Å². The highest BCUT2D eigenvalue weighted by Gasteiger charge is 2.21. The van der Waals surface area contributed by atoms with Crippen LogP contribution in [0, 0.1) is 0 Å². The van der Waals surface area contributed by atoms with E-state index in [2.05, 4.69) is 20.8 Å². The number of hydrogen-bond donors (Lipinski definition) is 2. The second kappa shape index (κ2) is 8.31. The first kappa shape index (κ1) is 18.9. The molecule has 1 aliphatic heterocycles. The molecule has 29 heavy (non-hydrogen) atoms. The molecular weight excluding hydrogens is 392 g/mol. The lowest BCUT2D eigenvalue weighted by atomic mass is 10.2. The van der Waals surface area contributed by atoms with Crippen molar-refractivity contribution in [2.45, 2.75) is 18.0 Å². The van der Waals surface area contributed by atoms with Crippen LogP contribution < -0.4 is 10.2 Å². The molecule has 1 fully saturated rings. The number of carbonyl (C=O) groups excluding carboxylic acids is 2. The molecule has 0 aliphatic carbocycles. The molecule has 2 N–H and O–H groups in total. The van der Waals surface area contributed by atoms with Crippen molar-refractivity contribution in [2.75, 3.05) is 22.5 Å². The number of hydrogen-bond acceptors (Lipinski definition) is 7. The molecule has 2 heterocycles. The van der Waals surface area contributed by atoms with E-state index in [0.717, 1.165) is 18.7 Å². The van der Waals surface area contributed by atoms with Crippen molar-refractivity contribution in [1.82, 2.24) is 20.2 Å². The normalized spacial score (nSPS) is 13.7. The third kappa shape index (κ3) is 4.37. The van der Waals surface area contributed by atoms with Crippen LogP contribution in [0.15, 0.2) is 53.7 Å². The highest BCUT2D eigenvalue weighted by atomic mass is 32.2. The molecule has 1 saturated heterocycles. The lowest BCUT2D eigenvalue weighted by molar-refractivity contribution is -0.117. The largest absolute Gasteiger partial charge is 0.508 e. The summed E-state index contributed by atoms with van der Waals surface area (Å²) in [6, 6.07) is 13.7. The van der Waals surface area contributed by atoms with E-state index in [-0.39, 0.29) is 23.3 Å². The highest BCUT2D eigenvalue weighted by Crippen LogP contribution is 2.24. The first-order valence-electron chi connectivity index (χ1n) is 9.01. The average molecular weight is 410 g/mol. The molecule has 1 aliphatic rings. The van der Waals surface area contributed by atoms with Crippen LogP contribution in [0.5, 0.6) is 5.75 Å². The molecule has 0 bridgehead atoms. The van der Waals surface area contributed by atoms with Crippen molar-refractivity contribution in [3.05, 3.63) is 48.5 Å². The molecule has 148 valence electrons. The summed E-state index contributed by atoms with van der Waals surface area (Å²) in [6.07, 6.45) is 1.46. The van der Waals surface area contributed by atoms with E-state index in [1.807, 2.05) is 12.1 Å². The molecule has 1 aromatic heterocycles. The minimum absolute atomic E-state index is 0.129. The summed E-state index contributed by atoms with van der Waals surface area (Å²) in [4.78, 5) is 25.8. The zero-order valence-electron chi connectivity index (χ0n) is 15.4. The van der Waals surface area contributed by atoms with Gasteiger partial charge in [-0.15, -0.1) is 5.10 Å². The van der Waals surface area contributed by atoms with Crippen molar-refractivity contribution in [3.63, 3.8) is 0 Å². The van der Waals surface area contributed by atoms with Gasteiger partial charge in [0.2, 0.25) is 17.0 Å². The molecule has 2 aromatic carbocycles. The summed E-state index contributed by atoms with van der Waals surface area (Å²) < 4.78 is 1.50. The van der Waals surface area contributed by atoms with Gasteiger partial charge in [-0.2, -0.15) is 4.68 Å². The van der Waals surface area contributed by atoms with Gasteiger partial charge in [0.25, 0.3) is 0 Å². The smallest absolute Gasteiger partial charge is 0.234 e. The molecule has 2 amide bonds. The standard InChI is InChI=1S/C19H18N6O3S/c26-16-9-7-15(8-10-16)25-19(21-22-23-25)29-12-17(27)20-13-3-5-14(6-4-13)24-11-1-2-18(24)28/h3-10,26H,1-2,11-12H2,(H,20,27). The van der Waals surface area contributed by atoms with E-state index in [4.69, 9.17) is 0 Å². The average Bonchev–Trinajstić information content (AvgIpc) is 3.36. The molecule has 0 spiro atoms. The fourth-order valence-corrected chi connectivity index (χ4v) is 3.69. The van der Waals surface area contributed by atoms with Gasteiger partial charge >= 0.3 is 0 Å². The van der Waals surface area contributed by atoms with Gasteiger partial charge in [0, 0.05) is 24.3 Å². The van der Waals surface area contributed by atoms with Crippen LogP contribution in [0.4, 0.5) is 11.4 Å². The summed E-state index contributed by atoms with van der Waals surface area (Å²) >= 11 is 1.20. The second-order valence-electron chi connectivity index (χ2n) is 6.42. The number of aromatic hydroxyl groups is 1. The molecule has 0 unspecified atom stereocenters. The van der Waals surface area contributed by atoms with Gasteiger partial charge in [0.05, 0.1) is 11.4 Å². The van der Waals surface area contributed by atoms with Gasteiger partial charge in [-0.25, -0.2) is 0 Å². The molecule has 3 aromatic rings. The van der Waals surface area contributed by atoms with Crippen molar-refractivity contribution in [1.29, 1.82) is 0 Å². The summed E-state index contributed by atoms with van der Waals surface area (Å²) in [6.45, 7) is 0.733. The number of carbonyl (C=O) groups is 2. The van der Waals surface area contributed by atoms with Gasteiger partial charge in [-0.3, -0.25) is 9.59 Å². The second-order valence-corrected chi connectivity index (χ2v) is 7.36. The monoisotopic (exact) mass is 410 g/mol. The molecule has 10 heteroatoms. The summed E-state index contributed by atoms with van der Waals surface area (Å²) in [5.41, 5.74) is 2.18. The van der Waals surface area contributed by atoms with Crippen LogP contribution in [0.2, 0.25) is 0 Å². The highest BCUT2D eigenvalue weighted by molar-refractivity contribution is 7.99. The maximum Gasteiger partial charge on any atom is 0.234 e. The number of phenols is 1. The van der Waals surface area contributed by atoms with Gasteiger partial charge in [0.1, 0.15) is 5.75 Å². The Balaban J connectivity index is 1.34. The van der Waals surface area contributed by atoms with E-state index in [9.17, 15) is 14.7 Å².